The van der Waals surface area contributed by atoms with Crippen LogP contribution in [-0.4, -0.2) is 17.1 Å². The molecule has 0 saturated carbocycles. The number of carbonyl (C=O) groups is 1. The average Bonchev–Trinajstić information content (AvgIpc) is 2.57. The first-order valence-electron chi connectivity index (χ1n) is 5.21. The minimum Gasteiger partial charge on any atom is -0.461 e. The zero-order valence-electron chi connectivity index (χ0n) is 9.12. The van der Waals surface area contributed by atoms with Crippen molar-refractivity contribution in [1.29, 1.82) is 0 Å². The zero-order chi connectivity index (χ0) is 11.3. The van der Waals surface area contributed by atoms with Crippen LogP contribution in [-0.2, 0) is 11.3 Å². The summed E-state index contributed by atoms with van der Waals surface area (Å²) in [7, 11) is 0. The van der Waals surface area contributed by atoms with Crippen LogP contribution in [0.15, 0.2) is 12.3 Å². The van der Waals surface area contributed by atoms with Gasteiger partial charge in [0.05, 0.1) is 11.6 Å². The van der Waals surface area contributed by atoms with Gasteiger partial charge in [-0.2, -0.15) is 0 Å². The number of ether oxygens (including phenoxy) is 1. The summed E-state index contributed by atoms with van der Waals surface area (Å²) in [4.78, 5) is 11.6. The smallest absolute Gasteiger partial charge is 0.354 e. The average molecular weight is 230 g/mol. The predicted octanol–water partition coefficient (Wildman–Crippen LogP) is 3.12. The maximum absolute atomic E-state index is 11.6. The highest BCUT2D eigenvalue weighted by atomic mass is 35.5. The van der Waals surface area contributed by atoms with Gasteiger partial charge in [-0.05, 0) is 18.9 Å². The molecule has 0 bridgehead atoms. The molecule has 15 heavy (non-hydrogen) atoms. The first-order chi connectivity index (χ1) is 7.19. The molecule has 84 valence electrons. The summed E-state index contributed by atoms with van der Waals surface area (Å²) in [5, 5.41) is 0.576. The molecule has 4 heteroatoms. The molecule has 3 nitrogen and oxygen atoms in total. The van der Waals surface area contributed by atoms with Gasteiger partial charge in [-0.3, -0.25) is 0 Å². The lowest BCUT2D eigenvalue weighted by Crippen LogP contribution is -2.12. The molecule has 1 aromatic heterocycles. The molecule has 0 aliphatic heterocycles. The molecule has 0 atom stereocenters. The fourth-order valence-corrected chi connectivity index (χ4v) is 1.56. The van der Waals surface area contributed by atoms with Crippen LogP contribution in [0.3, 0.4) is 0 Å². The second kappa shape index (κ2) is 5.81. The Balaban J connectivity index is 2.77. The molecule has 0 unspecified atom stereocenters. The van der Waals surface area contributed by atoms with Crippen molar-refractivity contribution in [3.8, 4) is 0 Å². The third kappa shape index (κ3) is 3.27. The number of hydrogen-bond acceptors (Lipinski definition) is 2. The Morgan fingerprint density at radius 3 is 2.80 bits per heavy atom. The van der Waals surface area contributed by atoms with E-state index >= 15 is 0 Å². The highest BCUT2D eigenvalue weighted by Crippen LogP contribution is 2.15. The van der Waals surface area contributed by atoms with E-state index in [2.05, 4.69) is 6.92 Å². The summed E-state index contributed by atoms with van der Waals surface area (Å²) in [5.74, 6) is -0.294. The fraction of sp³-hybridized carbons (Fsp3) is 0.545. The van der Waals surface area contributed by atoms with Crippen molar-refractivity contribution in [2.45, 2.75) is 33.2 Å². The van der Waals surface area contributed by atoms with Crippen LogP contribution in [0.2, 0.25) is 5.02 Å². The summed E-state index contributed by atoms with van der Waals surface area (Å²) in [6.45, 7) is 5.25. The standard InChI is InChI=1S/C11H16ClNO2/c1-3-5-13-8-9(12)7-10(13)11(14)15-6-4-2/h7-8H,3-6H2,1-2H3. The van der Waals surface area contributed by atoms with Gasteiger partial charge in [0.15, 0.2) is 0 Å². The topological polar surface area (TPSA) is 31.2 Å². The van der Waals surface area contributed by atoms with E-state index in [1.165, 1.54) is 0 Å². The Morgan fingerprint density at radius 1 is 1.47 bits per heavy atom. The maximum atomic E-state index is 11.6. The van der Waals surface area contributed by atoms with Crippen LogP contribution in [0.1, 0.15) is 37.2 Å². The van der Waals surface area contributed by atoms with Gasteiger partial charge in [0.2, 0.25) is 0 Å². The lowest BCUT2D eigenvalue weighted by Gasteiger charge is -2.06. The molecule has 0 saturated heterocycles. The number of rotatable bonds is 5. The zero-order valence-corrected chi connectivity index (χ0v) is 9.88. The number of nitrogens with zero attached hydrogens (tertiary/aromatic N) is 1. The Hall–Kier alpha value is -0.960. The number of esters is 1. The monoisotopic (exact) mass is 229 g/mol. The molecule has 0 radical (unpaired) electrons. The second-order valence-electron chi connectivity index (χ2n) is 3.37. The van der Waals surface area contributed by atoms with Gasteiger partial charge in [-0.15, -0.1) is 0 Å². The van der Waals surface area contributed by atoms with Crippen molar-refractivity contribution in [3.63, 3.8) is 0 Å². The Morgan fingerprint density at radius 2 is 2.20 bits per heavy atom. The molecule has 0 aliphatic rings. The van der Waals surface area contributed by atoms with E-state index in [4.69, 9.17) is 16.3 Å². The normalized spacial score (nSPS) is 10.3. The van der Waals surface area contributed by atoms with Crippen LogP contribution in [0, 0.1) is 0 Å². The number of carbonyl (C=O) groups excluding carboxylic acids is 1. The van der Waals surface area contributed by atoms with Crippen molar-refractivity contribution in [3.05, 3.63) is 23.0 Å². The highest BCUT2D eigenvalue weighted by molar-refractivity contribution is 6.30. The lowest BCUT2D eigenvalue weighted by atomic mass is 10.4. The van der Waals surface area contributed by atoms with Crippen molar-refractivity contribution < 1.29 is 9.53 Å². The van der Waals surface area contributed by atoms with E-state index in [0.717, 1.165) is 19.4 Å². The minimum atomic E-state index is -0.294. The van der Waals surface area contributed by atoms with Gasteiger partial charge in [-0.1, -0.05) is 25.4 Å². The quantitative estimate of drug-likeness (QED) is 0.727. The van der Waals surface area contributed by atoms with E-state index < -0.39 is 0 Å². The number of aromatic nitrogens is 1. The van der Waals surface area contributed by atoms with Gasteiger partial charge >= 0.3 is 5.97 Å². The van der Waals surface area contributed by atoms with Crippen molar-refractivity contribution in [1.82, 2.24) is 4.57 Å². The molecular formula is C11H16ClNO2. The van der Waals surface area contributed by atoms with Crippen LogP contribution < -0.4 is 0 Å². The van der Waals surface area contributed by atoms with Gasteiger partial charge < -0.3 is 9.30 Å². The Labute approximate surface area is 95.0 Å². The van der Waals surface area contributed by atoms with Gasteiger partial charge in [0, 0.05) is 12.7 Å². The summed E-state index contributed by atoms with van der Waals surface area (Å²) < 4.78 is 6.89. The minimum absolute atomic E-state index is 0.294. The molecule has 0 spiro atoms. The van der Waals surface area contributed by atoms with E-state index in [1.807, 2.05) is 11.5 Å². The van der Waals surface area contributed by atoms with Crippen LogP contribution in [0.5, 0.6) is 0 Å². The van der Waals surface area contributed by atoms with Gasteiger partial charge in [-0.25, -0.2) is 4.79 Å². The number of halogens is 1. The molecule has 0 aromatic carbocycles. The summed E-state index contributed by atoms with van der Waals surface area (Å²) in [6.07, 6.45) is 3.54. The van der Waals surface area contributed by atoms with Gasteiger partial charge in [0.25, 0.3) is 0 Å². The van der Waals surface area contributed by atoms with E-state index in [-0.39, 0.29) is 5.97 Å². The summed E-state index contributed by atoms with van der Waals surface area (Å²) in [6, 6.07) is 1.65. The second-order valence-corrected chi connectivity index (χ2v) is 3.81. The lowest BCUT2D eigenvalue weighted by molar-refractivity contribution is 0.0492. The summed E-state index contributed by atoms with van der Waals surface area (Å²) >= 11 is 5.85. The molecule has 0 aliphatic carbocycles. The first kappa shape index (κ1) is 12.1. The van der Waals surface area contributed by atoms with Crippen LogP contribution >= 0.6 is 11.6 Å². The van der Waals surface area contributed by atoms with E-state index in [0.29, 0.717) is 17.3 Å². The van der Waals surface area contributed by atoms with Crippen molar-refractivity contribution >= 4 is 17.6 Å². The SMILES string of the molecule is CCCOC(=O)c1cc(Cl)cn1CCC. The molecule has 1 aromatic rings. The largest absolute Gasteiger partial charge is 0.461 e. The molecule has 0 amide bonds. The molecule has 1 heterocycles. The van der Waals surface area contributed by atoms with E-state index in [9.17, 15) is 4.79 Å². The molecule has 1 rings (SSSR count). The Kier molecular flexibility index (Phi) is 4.69. The maximum Gasteiger partial charge on any atom is 0.354 e. The van der Waals surface area contributed by atoms with Gasteiger partial charge in [0.1, 0.15) is 5.69 Å². The number of hydrogen-bond donors (Lipinski definition) is 0. The Bertz CT molecular complexity index is 333. The molecule has 0 N–H and O–H groups in total. The van der Waals surface area contributed by atoms with E-state index in [1.54, 1.807) is 12.3 Å². The molecule has 0 fully saturated rings. The van der Waals surface area contributed by atoms with Crippen molar-refractivity contribution in [2.24, 2.45) is 0 Å². The number of aryl methyl sites for hydroxylation is 1. The van der Waals surface area contributed by atoms with Crippen LogP contribution in [0.25, 0.3) is 0 Å². The van der Waals surface area contributed by atoms with Crippen molar-refractivity contribution in [2.75, 3.05) is 6.61 Å². The summed E-state index contributed by atoms with van der Waals surface area (Å²) in [5.41, 5.74) is 0.537. The van der Waals surface area contributed by atoms with Crippen LogP contribution in [0.4, 0.5) is 0 Å². The fourth-order valence-electron chi connectivity index (χ4n) is 1.34. The highest BCUT2D eigenvalue weighted by Gasteiger charge is 2.13. The third-order valence-corrected chi connectivity index (χ3v) is 2.18. The first-order valence-corrected chi connectivity index (χ1v) is 5.59. The third-order valence-electron chi connectivity index (χ3n) is 1.97. The molecular weight excluding hydrogens is 214 g/mol. The predicted molar refractivity (Wildman–Crippen MR) is 60.3 cm³/mol.